The Bertz CT molecular complexity index is 1080. The first-order valence-electron chi connectivity index (χ1n) is 10.3. The Morgan fingerprint density at radius 1 is 1.13 bits per heavy atom. The zero-order valence-corrected chi connectivity index (χ0v) is 17.3. The van der Waals surface area contributed by atoms with E-state index in [-0.39, 0.29) is 19.0 Å². The van der Waals surface area contributed by atoms with Crippen LogP contribution >= 0.6 is 0 Å². The van der Waals surface area contributed by atoms with Gasteiger partial charge < -0.3 is 20.9 Å². The van der Waals surface area contributed by atoms with Gasteiger partial charge in [-0.2, -0.15) is 0 Å². The molecule has 8 heteroatoms. The first kappa shape index (κ1) is 20.6. The fourth-order valence-corrected chi connectivity index (χ4v) is 4.13. The summed E-state index contributed by atoms with van der Waals surface area (Å²) in [6.45, 7) is 0.906. The number of carbonyl (C=O) groups excluding carboxylic acids is 4. The fourth-order valence-electron chi connectivity index (χ4n) is 4.13. The van der Waals surface area contributed by atoms with Crippen molar-refractivity contribution in [1.82, 2.24) is 4.90 Å². The number of amides is 4. The van der Waals surface area contributed by atoms with Crippen LogP contribution in [0.4, 0.5) is 11.4 Å². The van der Waals surface area contributed by atoms with Crippen LogP contribution in [0, 0.1) is 0 Å². The number of primary amides is 1. The molecular weight excluding hydrogens is 396 g/mol. The molecule has 160 valence electrons. The highest BCUT2D eigenvalue weighted by Gasteiger charge is 2.35. The maximum absolute atomic E-state index is 13.3. The maximum atomic E-state index is 13.3. The number of carbonyl (C=O) groups is 4. The highest BCUT2D eigenvalue weighted by atomic mass is 16.2. The monoisotopic (exact) mass is 420 g/mol. The summed E-state index contributed by atoms with van der Waals surface area (Å²) in [5.74, 6) is -1.95. The summed E-state index contributed by atoms with van der Waals surface area (Å²) >= 11 is 0. The molecule has 4 rings (SSSR count). The van der Waals surface area contributed by atoms with E-state index in [9.17, 15) is 19.2 Å². The number of hydrogen-bond donors (Lipinski definition) is 2. The second-order valence-corrected chi connectivity index (χ2v) is 7.90. The number of benzene rings is 2. The van der Waals surface area contributed by atoms with Gasteiger partial charge in [-0.05, 0) is 61.6 Å². The average molecular weight is 420 g/mol. The Hall–Kier alpha value is -3.68. The molecular formula is C23H24N4O4. The van der Waals surface area contributed by atoms with Crippen molar-refractivity contribution in [1.29, 1.82) is 0 Å². The Morgan fingerprint density at radius 2 is 1.87 bits per heavy atom. The SMILES string of the molecule is C[C@H]1C(=O)Nc2ccccc2C(=O)N1CC(=O)N(CC(N)=O)c1ccc2c(c1)CCC2. The van der Waals surface area contributed by atoms with E-state index < -0.39 is 23.8 Å². The number of nitrogens with zero attached hydrogens (tertiary/aromatic N) is 2. The zero-order chi connectivity index (χ0) is 22.1. The summed E-state index contributed by atoms with van der Waals surface area (Å²) in [7, 11) is 0. The van der Waals surface area contributed by atoms with Crippen LogP contribution in [0.1, 0.15) is 34.8 Å². The lowest BCUT2D eigenvalue weighted by Gasteiger charge is -2.29. The summed E-state index contributed by atoms with van der Waals surface area (Å²) < 4.78 is 0. The van der Waals surface area contributed by atoms with Gasteiger partial charge in [0.1, 0.15) is 19.1 Å². The molecule has 31 heavy (non-hydrogen) atoms. The predicted octanol–water partition coefficient (Wildman–Crippen LogP) is 1.48. The van der Waals surface area contributed by atoms with Crippen molar-refractivity contribution in [2.75, 3.05) is 23.3 Å². The minimum atomic E-state index is -0.862. The van der Waals surface area contributed by atoms with Crippen molar-refractivity contribution in [2.45, 2.75) is 32.2 Å². The van der Waals surface area contributed by atoms with Gasteiger partial charge in [0.2, 0.25) is 17.7 Å². The third-order valence-electron chi connectivity index (χ3n) is 5.84. The fraction of sp³-hybridized carbons (Fsp3) is 0.304. The summed E-state index contributed by atoms with van der Waals surface area (Å²) in [6.07, 6.45) is 2.96. The van der Waals surface area contributed by atoms with Crippen molar-refractivity contribution in [2.24, 2.45) is 5.73 Å². The Labute approximate surface area is 180 Å². The van der Waals surface area contributed by atoms with Crippen LogP contribution in [0.15, 0.2) is 42.5 Å². The molecule has 1 heterocycles. The van der Waals surface area contributed by atoms with E-state index in [2.05, 4.69) is 5.32 Å². The quantitative estimate of drug-likeness (QED) is 0.763. The first-order chi connectivity index (χ1) is 14.8. The van der Waals surface area contributed by atoms with Gasteiger partial charge in [0.05, 0.1) is 11.3 Å². The molecule has 0 aromatic heterocycles. The first-order valence-corrected chi connectivity index (χ1v) is 10.3. The van der Waals surface area contributed by atoms with Crippen molar-refractivity contribution in [3.8, 4) is 0 Å². The molecule has 0 saturated carbocycles. The molecule has 0 bridgehead atoms. The molecule has 4 amide bonds. The van der Waals surface area contributed by atoms with Crippen LogP contribution in [0.2, 0.25) is 0 Å². The molecule has 8 nitrogen and oxygen atoms in total. The van der Waals surface area contributed by atoms with Gasteiger partial charge in [-0.15, -0.1) is 0 Å². The zero-order valence-electron chi connectivity index (χ0n) is 17.3. The lowest BCUT2D eigenvalue weighted by molar-refractivity contribution is -0.124. The van der Waals surface area contributed by atoms with Crippen LogP contribution in [0.5, 0.6) is 0 Å². The Balaban J connectivity index is 1.64. The molecule has 2 aromatic rings. The maximum Gasteiger partial charge on any atom is 0.257 e. The lowest BCUT2D eigenvalue weighted by Crippen LogP contribution is -2.50. The van der Waals surface area contributed by atoms with Crippen LogP contribution in [-0.2, 0) is 27.2 Å². The van der Waals surface area contributed by atoms with Gasteiger partial charge in [0.15, 0.2) is 0 Å². The van der Waals surface area contributed by atoms with Crippen LogP contribution in [0.3, 0.4) is 0 Å². The van der Waals surface area contributed by atoms with E-state index in [1.807, 2.05) is 12.1 Å². The average Bonchev–Trinajstić information content (AvgIpc) is 3.19. The van der Waals surface area contributed by atoms with Crippen molar-refractivity contribution in [3.63, 3.8) is 0 Å². The number of nitrogens with one attached hydrogen (secondary N) is 1. The standard InChI is InChI=1S/C23H24N4O4/c1-14-22(30)25-19-8-3-2-7-18(19)23(31)26(14)13-21(29)27(12-20(24)28)17-10-9-15-5-4-6-16(15)11-17/h2-3,7-11,14H,4-6,12-13H2,1H3,(H2,24,28)(H,25,30)/t14-/m0/s1. The van der Waals surface area contributed by atoms with E-state index in [0.717, 1.165) is 24.8 Å². The highest BCUT2D eigenvalue weighted by Crippen LogP contribution is 2.28. The number of nitrogens with two attached hydrogens (primary N) is 1. The van der Waals surface area contributed by atoms with E-state index in [4.69, 9.17) is 5.73 Å². The van der Waals surface area contributed by atoms with Crippen LogP contribution < -0.4 is 16.0 Å². The molecule has 1 aliphatic carbocycles. The molecule has 0 unspecified atom stereocenters. The summed E-state index contributed by atoms with van der Waals surface area (Å²) in [6, 6.07) is 11.5. The van der Waals surface area contributed by atoms with Gasteiger partial charge in [-0.1, -0.05) is 18.2 Å². The van der Waals surface area contributed by atoms with Crippen LogP contribution in [0.25, 0.3) is 0 Å². The van der Waals surface area contributed by atoms with E-state index in [1.165, 1.54) is 15.4 Å². The summed E-state index contributed by atoms with van der Waals surface area (Å²) in [5, 5.41) is 2.73. The molecule has 2 aliphatic rings. The third kappa shape index (κ3) is 4.01. The number of aryl methyl sites for hydroxylation is 2. The van der Waals surface area contributed by atoms with Gasteiger partial charge in [-0.3, -0.25) is 19.2 Å². The lowest BCUT2D eigenvalue weighted by atomic mass is 10.1. The molecule has 2 aromatic carbocycles. The molecule has 1 atom stereocenters. The molecule has 3 N–H and O–H groups in total. The molecule has 0 fully saturated rings. The molecule has 0 saturated heterocycles. The minimum Gasteiger partial charge on any atom is -0.368 e. The van der Waals surface area contributed by atoms with Gasteiger partial charge in [-0.25, -0.2) is 0 Å². The van der Waals surface area contributed by atoms with E-state index >= 15 is 0 Å². The van der Waals surface area contributed by atoms with Crippen molar-refractivity contribution >= 4 is 35.0 Å². The summed E-state index contributed by atoms with van der Waals surface area (Å²) in [4.78, 5) is 53.2. The van der Waals surface area contributed by atoms with Crippen molar-refractivity contribution in [3.05, 3.63) is 59.2 Å². The second kappa shape index (κ2) is 8.22. The van der Waals surface area contributed by atoms with Crippen molar-refractivity contribution < 1.29 is 19.2 Å². The molecule has 1 aliphatic heterocycles. The van der Waals surface area contributed by atoms with E-state index in [0.29, 0.717) is 16.9 Å². The minimum absolute atomic E-state index is 0.309. The number of fused-ring (bicyclic) bond motifs is 2. The Morgan fingerprint density at radius 3 is 2.65 bits per heavy atom. The number of anilines is 2. The highest BCUT2D eigenvalue weighted by molar-refractivity contribution is 6.11. The number of hydrogen-bond acceptors (Lipinski definition) is 4. The molecule has 0 spiro atoms. The van der Waals surface area contributed by atoms with Gasteiger partial charge in [0, 0.05) is 5.69 Å². The van der Waals surface area contributed by atoms with E-state index in [1.54, 1.807) is 37.3 Å². The molecule has 0 radical (unpaired) electrons. The largest absolute Gasteiger partial charge is 0.368 e. The van der Waals surface area contributed by atoms with Gasteiger partial charge >= 0.3 is 0 Å². The van der Waals surface area contributed by atoms with Crippen LogP contribution in [-0.4, -0.2) is 47.7 Å². The smallest absolute Gasteiger partial charge is 0.257 e. The third-order valence-corrected chi connectivity index (χ3v) is 5.84. The topological polar surface area (TPSA) is 113 Å². The Kier molecular flexibility index (Phi) is 5.46. The normalized spacial score (nSPS) is 17.5. The second-order valence-electron chi connectivity index (χ2n) is 7.90. The summed E-state index contributed by atoms with van der Waals surface area (Å²) in [5.41, 5.74) is 9.06. The number of para-hydroxylation sites is 1. The number of rotatable bonds is 5. The predicted molar refractivity (Wildman–Crippen MR) is 116 cm³/mol. The van der Waals surface area contributed by atoms with Gasteiger partial charge in [0.25, 0.3) is 5.91 Å².